The number of nitrogens with zero attached hydrogens (tertiary/aromatic N) is 3. The lowest BCUT2D eigenvalue weighted by Gasteiger charge is -2.19. The van der Waals surface area contributed by atoms with Gasteiger partial charge in [-0.2, -0.15) is 4.98 Å². The third-order valence-electron chi connectivity index (χ3n) is 3.94. The van der Waals surface area contributed by atoms with Crippen molar-refractivity contribution >= 4 is 16.7 Å². The van der Waals surface area contributed by atoms with Gasteiger partial charge in [0.05, 0.1) is 6.04 Å². The molecule has 1 aromatic heterocycles. The Morgan fingerprint density at radius 2 is 2.00 bits per heavy atom. The van der Waals surface area contributed by atoms with E-state index in [9.17, 15) is 0 Å². The number of aliphatic imine (C=N–C) groups is 1. The lowest BCUT2D eigenvalue weighted by molar-refractivity contribution is 0.387. The second kappa shape index (κ2) is 7.79. The third kappa shape index (κ3) is 4.15. The SMILES string of the molecule is CCNC(=NCc1noc(C)n1)NC(C)c1cccc2ccccc12. The van der Waals surface area contributed by atoms with Gasteiger partial charge in [0.15, 0.2) is 11.8 Å². The fourth-order valence-corrected chi connectivity index (χ4v) is 2.79. The van der Waals surface area contributed by atoms with Gasteiger partial charge in [0.2, 0.25) is 5.89 Å². The van der Waals surface area contributed by atoms with Gasteiger partial charge in [-0.05, 0) is 30.2 Å². The molecule has 6 heteroatoms. The molecule has 1 unspecified atom stereocenters. The molecule has 0 spiro atoms. The summed E-state index contributed by atoms with van der Waals surface area (Å²) in [6.07, 6.45) is 0. The highest BCUT2D eigenvalue weighted by molar-refractivity contribution is 5.87. The first-order valence-corrected chi connectivity index (χ1v) is 8.49. The second-order valence-corrected chi connectivity index (χ2v) is 5.86. The maximum absolute atomic E-state index is 4.98. The van der Waals surface area contributed by atoms with E-state index in [-0.39, 0.29) is 6.04 Å². The van der Waals surface area contributed by atoms with Crippen molar-refractivity contribution in [2.75, 3.05) is 6.54 Å². The summed E-state index contributed by atoms with van der Waals surface area (Å²) in [7, 11) is 0. The van der Waals surface area contributed by atoms with Crippen LogP contribution < -0.4 is 10.6 Å². The first kappa shape index (κ1) is 17.0. The van der Waals surface area contributed by atoms with E-state index in [4.69, 9.17) is 4.52 Å². The van der Waals surface area contributed by atoms with E-state index in [2.05, 4.69) is 75.2 Å². The number of aromatic nitrogens is 2. The van der Waals surface area contributed by atoms with Gasteiger partial charge in [0.25, 0.3) is 0 Å². The van der Waals surface area contributed by atoms with E-state index in [1.165, 1.54) is 16.3 Å². The number of benzene rings is 2. The minimum atomic E-state index is 0.107. The summed E-state index contributed by atoms with van der Waals surface area (Å²) in [5.41, 5.74) is 1.24. The lowest BCUT2D eigenvalue weighted by atomic mass is 10.00. The van der Waals surface area contributed by atoms with Gasteiger partial charge in [-0.15, -0.1) is 0 Å². The van der Waals surface area contributed by atoms with Crippen molar-refractivity contribution in [1.29, 1.82) is 0 Å². The number of aryl methyl sites for hydroxylation is 1. The lowest BCUT2D eigenvalue weighted by Crippen LogP contribution is -2.38. The Morgan fingerprint density at radius 3 is 2.76 bits per heavy atom. The molecule has 0 bridgehead atoms. The van der Waals surface area contributed by atoms with Crippen LogP contribution in [0.4, 0.5) is 0 Å². The van der Waals surface area contributed by atoms with Crippen LogP contribution in [0.3, 0.4) is 0 Å². The molecule has 0 aliphatic carbocycles. The van der Waals surface area contributed by atoms with Crippen molar-refractivity contribution < 1.29 is 4.52 Å². The van der Waals surface area contributed by atoms with Gasteiger partial charge in [0, 0.05) is 13.5 Å². The molecule has 2 aromatic carbocycles. The summed E-state index contributed by atoms with van der Waals surface area (Å²) in [6.45, 7) is 7.09. The maximum Gasteiger partial charge on any atom is 0.223 e. The normalized spacial score (nSPS) is 13.0. The highest BCUT2D eigenvalue weighted by Crippen LogP contribution is 2.23. The molecule has 0 saturated carbocycles. The molecule has 2 N–H and O–H groups in total. The van der Waals surface area contributed by atoms with Gasteiger partial charge in [-0.25, -0.2) is 4.99 Å². The quantitative estimate of drug-likeness (QED) is 0.552. The Hall–Kier alpha value is -2.89. The second-order valence-electron chi connectivity index (χ2n) is 5.86. The smallest absolute Gasteiger partial charge is 0.223 e. The molecule has 1 heterocycles. The van der Waals surface area contributed by atoms with Crippen LogP contribution in [0.1, 0.15) is 37.2 Å². The average Bonchev–Trinajstić information content (AvgIpc) is 3.04. The van der Waals surface area contributed by atoms with Crippen LogP contribution in [-0.4, -0.2) is 22.6 Å². The predicted molar refractivity (Wildman–Crippen MR) is 99.3 cm³/mol. The summed E-state index contributed by atoms with van der Waals surface area (Å²) in [4.78, 5) is 8.73. The maximum atomic E-state index is 4.98. The minimum absolute atomic E-state index is 0.107. The Bertz CT molecular complexity index is 866. The Morgan fingerprint density at radius 1 is 1.20 bits per heavy atom. The molecule has 0 saturated heterocycles. The van der Waals surface area contributed by atoms with Crippen LogP contribution in [0.5, 0.6) is 0 Å². The fraction of sp³-hybridized carbons (Fsp3) is 0.316. The highest BCUT2D eigenvalue weighted by Gasteiger charge is 2.11. The highest BCUT2D eigenvalue weighted by atomic mass is 16.5. The van der Waals surface area contributed by atoms with Crippen molar-refractivity contribution in [2.24, 2.45) is 4.99 Å². The number of rotatable bonds is 5. The summed E-state index contributed by atoms with van der Waals surface area (Å²) in [5, 5.41) is 13.1. The number of nitrogens with one attached hydrogen (secondary N) is 2. The van der Waals surface area contributed by atoms with Gasteiger partial charge < -0.3 is 15.2 Å². The molecule has 0 fully saturated rings. The standard InChI is InChI=1S/C19H23N5O/c1-4-20-19(21-12-18-23-14(3)25-24-18)22-13(2)16-11-7-9-15-8-5-6-10-17(15)16/h5-11,13H,4,12H2,1-3H3,(H2,20,21,22). The molecule has 0 aliphatic rings. The van der Waals surface area contributed by atoms with Crippen molar-refractivity contribution in [3.63, 3.8) is 0 Å². The van der Waals surface area contributed by atoms with Gasteiger partial charge in [-0.1, -0.05) is 47.6 Å². The molecule has 0 aliphatic heterocycles. The van der Waals surface area contributed by atoms with Crippen LogP contribution in [0.2, 0.25) is 0 Å². The Labute approximate surface area is 147 Å². The fourth-order valence-electron chi connectivity index (χ4n) is 2.79. The zero-order chi connectivity index (χ0) is 17.6. The molecule has 0 amide bonds. The topological polar surface area (TPSA) is 75.3 Å². The first-order chi connectivity index (χ1) is 12.2. The van der Waals surface area contributed by atoms with E-state index in [1.54, 1.807) is 6.92 Å². The third-order valence-corrected chi connectivity index (χ3v) is 3.94. The van der Waals surface area contributed by atoms with Crippen molar-refractivity contribution in [1.82, 2.24) is 20.8 Å². The van der Waals surface area contributed by atoms with Crippen molar-refractivity contribution in [3.8, 4) is 0 Å². The van der Waals surface area contributed by atoms with E-state index in [0.29, 0.717) is 18.3 Å². The number of guanidine groups is 1. The molecule has 3 aromatic rings. The van der Waals surface area contributed by atoms with Crippen LogP contribution in [0, 0.1) is 6.92 Å². The van der Waals surface area contributed by atoms with Gasteiger partial charge in [-0.3, -0.25) is 0 Å². The summed E-state index contributed by atoms with van der Waals surface area (Å²) in [5.74, 6) is 1.85. The molecule has 130 valence electrons. The largest absolute Gasteiger partial charge is 0.357 e. The minimum Gasteiger partial charge on any atom is -0.357 e. The van der Waals surface area contributed by atoms with Crippen molar-refractivity contribution in [3.05, 3.63) is 59.7 Å². The number of fused-ring (bicyclic) bond motifs is 1. The summed E-state index contributed by atoms with van der Waals surface area (Å²) in [6, 6.07) is 14.9. The van der Waals surface area contributed by atoms with Crippen LogP contribution in [0.25, 0.3) is 10.8 Å². The van der Waals surface area contributed by atoms with E-state index in [0.717, 1.165) is 12.5 Å². The molecular weight excluding hydrogens is 314 g/mol. The van der Waals surface area contributed by atoms with E-state index < -0.39 is 0 Å². The average molecular weight is 337 g/mol. The zero-order valence-electron chi connectivity index (χ0n) is 14.8. The predicted octanol–water partition coefficient (Wildman–Crippen LogP) is 3.35. The molecule has 3 rings (SSSR count). The first-order valence-electron chi connectivity index (χ1n) is 8.49. The van der Waals surface area contributed by atoms with Crippen LogP contribution >= 0.6 is 0 Å². The van der Waals surface area contributed by atoms with E-state index >= 15 is 0 Å². The Balaban J connectivity index is 1.78. The number of hydrogen-bond donors (Lipinski definition) is 2. The van der Waals surface area contributed by atoms with Gasteiger partial charge in [0.1, 0.15) is 6.54 Å². The summed E-state index contributed by atoms with van der Waals surface area (Å²) >= 11 is 0. The molecule has 6 nitrogen and oxygen atoms in total. The van der Waals surface area contributed by atoms with E-state index in [1.807, 2.05) is 6.92 Å². The summed E-state index contributed by atoms with van der Waals surface area (Å²) < 4.78 is 4.98. The van der Waals surface area contributed by atoms with Gasteiger partial charge >= 0.3 is 0 Å². The van der Waals surface area contributed by atoms with Crippen LogP contribution in [-0.2, 0) is 6.54 Å². The number of hydrogen-bond acceptors (Lipinski definition) is 4. The zero-order valence-corrected chi connectivity index (χ0v) is 14.8. The van der Waals surface area contributed by atoms with Crippen molar-refractivity contribution in [2.45, 2.75) is 33.4 Å². The molecular formula is C19H23N5O. The molecule has 1 atom stereocenters. The monoisotopic (exact) mass is 337 g/mol. The Kier molecular flexibility index (Phi) is 5.28. The molecule has 0 radical (unpaired) electrons. The van der Waals surface area contributed by atoms with Crippen LogP contribution in [0.15, 0.2) is 52.0 Å². The molecule has 25 heavy (non-hydrogen) atoms.